The highest BCUT2D eigenvalue weighted by Crippen LogP contribution is 2.39. The minimum atomic E-state index is 0.0708. The van der Waals surface area contributed by atoms with Crippen LogP contribution in [0.3, 0.4) is 0 Å². The van der Waals surface area contributed by atoms with Crippen molar-refractivity contribution in [3.63, 3.8) is 0 Å². The molecule has 3 rings (SSSR count). The standard InChI is InChI=1S/C16H22N2O/c1-16(7-3-8-16)11-18-15(19)13-5-6-14-12(10-13)4-2-9-17-14/h5-6,10,17H,2-4,7-9,11H2,1H3,(H,18,19). The van der Waals surface area contributed by atoms with Crippen molar-refractivity contribution in [3.8, 4) is 0 Å². The van der Waals surface area contributed by atoms with Crippen LogP contribution in [0.4, 0.5) is 5.69 Å². The highest BCUT2D eigenvalue weighted by atomic mass is 16.1. The molecule has 1 aromatic carbocycles. The van der Waals surface area contributed by atoms with Crippen molar-refractivity contribution in [2.45, 2.75) is 39.0 Å². The van der Waals surface area contributed by atoms with Gasteiger partial charge in [-0.1, -0.05) is 13.3 Å². The Morgan fingerprint density at radius 1 is 1.37 bits per heavy atom. The monoisotopic (exact) mass is 258 g/mol. The average molecular weight is 258 g/mol. The Hall–Kier alpha value is -1.51. The van der Waals surface area contributed by atoms with Crippen LogP contribution in [0.2, 0.25) is 0 Å². The molecule has 0 bridgehead atoms. The number of carbonyl (C=O) groups excluding carboxylic acids is 1. The van der Waals surface area contributed by atoms with Crippen LogP contribution in [-0.2, 0) is 6.42 Å². The number of nitrogens with one attached hydrogen (secondary N) is 2. The summed E-state index contributed by atoms with van der Waals surface area (Å²) in [5.74, 6) is 0.0708. The maximum absolute atomic E-state index is 12.2. The SMILES string of the molecule is CC1(CNC(=O)c2ccc3c(c2)CCCN3)CCC1. The summed E-state index contributed by atoms with van der Waals surface area (Å²) < 4.78 is 0. The molecule has 3 nitrogen and oxygen atoms in total. The summed E-state index contributed by atoms with van der Waals surface area (Å²) in [6.45, 7) is 4.10. The predicted molar refractivity (Wildman–Crippen MR) is 77.5 cm³/mol. The molecule has 2 aliphatic rings. The van der Waals surface area contributed by atoms with E-state index in [1.54, 1.807) is 0 Å². The lowest BCUT2D eigenvalue weighted by atomic mass is 9.70. The van der Waals surface area contributed by atoms with Crippen molar-refractivity contribution in [2.24, 2.45) is 5.41 Å². The van der Waals surface area contributed by atoms with Gasteiger partial charge < -0.3 is 10.6 Å². The summed E-state index contributed by atoms with van der Waals surface area (Å²) in [6.07, 6.45) is 6.00. The molecule has 1 aliphatic carbocycles. The average Bonchev–Trinajstić information content (AvgIpc) is 2.42. The number of hydrogen-bond acceptors (Lipinski definition) is 2. The zero-order valence-electron chi connectivity index (χ0n) is 11.6. The fourth-order valence-corrected chi connectivity index (χ4v) is 2.97. The zero-order valence-corrected chi connectivity index (χ0v) is 11.6. The highest BCUT2D eigenvalue weighted by molar-refractivity contribution is 5.95. The number of anilines is 1. The Bertz CT molecular complexity index is 492. The van der Waals surface area contributed by atoms with E-state index in [-0.39, 0.29) is 5.91 Å². The topological polar surface area (TPSA) is 41.1 Å². The molecule has 0 unspecified atom stereocenters. The molecule has 19 heavy (non-hydrogen) atoms. The Labute approximate surface area is 114 Å². The minimum absolute atomic E-state index is 0.0708. The Kier molecular flexibility index (Phi) is 3.21. The molecule has 3 heteroatoms. The number of fused-ring (bicyclic) bond motifs is 1. The molecule has 2 N–H and O–H groups in total. The van der Waals surface area contributed by atoms with Crippen LogP contribution in [0.15, 0.2) is 18.2 Å². The van der Waals surface area contributed by atoms with Gasteiger partial charge in [-0.15, -0.1) is 0 Å². The van der Waals surface area contributed by atoms with Crippen molar-refractivity contribution in [3.05, 3.63) is 29.3 Å². The summed E-state index contributed by atoms with van der Waals surface area (Å²) >= 11 is 0. The molecular formula is C16H22N2O. The first kappa shape index (κ1) is 12.5. The molecule has 1 heterocycles. The van der Waals surface area contributed by atoms with Crippen LogP contribution in [0.25, 0.3) is 0 Å². The van der Waals surface area contributed by atoms with Gasteiger partial charge in [-0.3, -0.25) is 4.79 Å². The Balaban J connectivity index is 1.66. The maximum atomic E-state index is 12.2. The van der Waals surface area contributed by atoms with Crippen LogP contribution >= 0.6 is 0 Å². The number of amides is 1. The lowest BCUT2D eigenvalue weighted by Gasteiger charge is -2.38. The number of carbonyl (C=O) groups is 1. The van der Waals surface area contributed by atoms with E-state index < -0.39 is 0 Å². The molecule has 1 amide bonds. The van der Waals surface area contributed by atoms with Gasteiger partial charge in [0, 0.05) is 24.3 Å². The van der Waals surface area contributed by atoms with E-state index in [4.69, 9.17) is 0 Å². The summed E-state index contributed by atoms with van der Waals surface area (Å²) in [4.78, 5) is 12.2. The van der Waals surface area contributed by atoms with Crippen LogP contribution in [-0.4, -0.2) is 19.0 Å². The smallest absolute Gasteiger partial charge is 0.251 e. The Morgan fingerprint density at radius 3 is 2.95 bits per heavy atom. The lowest BCUT2D eigenvalue weighted by molar-refractivity contribution is 0.0890. The summed E-state index contributed by atoms with van der Waals surface area (Å²) in [5.41, 5.74) is 3.60. The predicted octanol–water partition coefficient (Wildman–Crippen LogP) is 2.96. The van der Waals surface area contributed by atoms with Gasteiger partial charge in [-0.05, 0) is 54.9 Å². The van der Waals surface area contributed by atoms with Crippen LogP contribution in [0.5, 0.6) is 0 Å². The minimum Gasteiger partial charge on any atom is -0.385 e. The first-order chi connectivity index (χ1) is 9.16. The van der Waals surface area contributed by atoms with Crippen molar-refractivity contribution in [1.29, 1.82) is 0 Å². The zero-order chi connectivity index (χ0) is 13.3. The first-order valence-corrected chi connectivity index (χ1v) is 7.31. The molecule has 102 valence electrons. The third-order valence-corrected chi connectivity index (χ3v) is 4.54. The van der Waals surface area contributed by atoms with Gasteiger partial charge in [0.25, 0.3) is 5.91 Å². The molecule has 1 saturated carbocycles. The van der Waals surface area contributed by atoms with E-state index in [1.807, 2.05) is 18.2 Å². The second kappa shape index (κ2) is 4.87. The number of benzene rings is 1. The normalized spacial score (nSPS) is 19.8. The lowest BCUT2D eigenvalue weighted by Crippen LogP contribution is -2.39. The summed E-state index contributed by atoms with van der Waals surface area (Å²) in [7, 11) is 0. The highest BCUT2D eigenvalue weighted by Gasteiger charge is 2.31. The van der Waals surface area contributed by atoms with Gasteiger partial charge in [0.15, 0.2) is 0 Å². The molecule has 0 aromatic heterocycles. The first-order valence-electron chi connectivity index (χ1n) is 7.31. The van der Waals surface area contributed by atoms with Gasteiger partial charge in [-0.25, -0.2) is 0 Å². The fourth-order valence-electron chi connectivity index (χ4n) is 2.97. The van der Waals surface area contributed by atoms with Crippen molar-refractivity contribution >= 4 is 11.6 Å². The van der Waals surface area contributed by atoms with E-state index >= 15 is 0 Å². The molecule has 0 atom stereocenters. The molecule has 1 aliphatic heterocycles. The van der Waals surface area contributed by atoms with E-state index in [9.17, 15) is 4.79 Å². The van der Waals surface area contributed by atoms with E-state index in [0.717, 1.165) is 31.5 Å². The third kappa shape index (κ3) is 2.60. The van der Waals surface area contributed by atoms with Crippen LogP contribution < -0.4 is 10.6 Å². The van der Waals surface area contributed by atoms with Crippen molar-refractivity contribution in [2.75, 3.05) is 18.4 Å². The summed E-state index contributed by atoms with van der Waals surface area (Å²) in [6, 6.07) is 6.00. The van der Waals surface area contributed by atoms with Crippen molar-refractivity contribution in [1.82, 2.24) is 5.32 Å². The maximum Gasteiger partial charge on any atom is 0.251 e. The molecular weight excluding hydrogens is 236 g/mol. The third-order valence-electron chi connectivity index (χ3n) is 4.54. The molecule has 0 spiro atoms. The number of aryl methyl sites for hydroxylation is 1. The van der Waals surface area contributed by atoms with Crippen LogP contribution in [0.1, 0.15) is 48.5 Å². The number of rotatable bonds is 3. The molecule has 0 radical (unpaired) electrons. The van der Waals surface area contributed by atoms with Gasteiger partial charge >= 0.3 is 0 Å². The van der Waals surface area contributed by atoms with Gasteiger partial charge in [0.05, 0.1) is 0 Å². The largest absolute Gasteiger partial charge is 0.385 e. The van der Waals surface area contributed by atoms with E-state index in [1.165, 1.54) is 30.5 Å². The molecule has 1 fully saturated rings. The van der Waals surface area contributed by atoms with Gasteiger partial charge in [-0.2, -0.15) is 0 Å². The second-order valence-electron chi connectivity index (χ2n) is 6.25. The van der Waals surface area contributed by atoms with Crippen LogP contribution in [0, 0.1) is 5.41 Å². The fraction of sp³-hybridized carbons (Fsp3) is 0.562. The van der Waals surface area contributed by atoms with Gasteiger partial charge in [0.1, 0.15) is 0 Å². The quantitative estimate of drug-likeness (QED) is 0.875. The molecule has 0 saturated heterocycles. The van der Waals surface area contributed by atoms with E-state index in [0.29, 0.717) is 5.41 Å². The summed E-state index contributed by atoms with van der Waals surface area (Å²) in [5, 5.41) is 6.46. The van der Waals surface area contributed by atoms with Gasteiger partial charge in [0.2, 0.25) is 0 Å². The number of hydrogen-bond donors (Lipinski definition) is 2. The Morgan fingerprint density at radius 2 is 2.21 bits per heavy atom. The van der Waals surface area contributed by atoms with Crippen molar-refractivity contribution < 1.29 is 4.79 Å². The molecule has 1 aromatic rings. The second-order valence-corrected chi connectivity index (χ2v) is 6.25. The van der Waals surface area contributed by atoms with E-state index in [2.05, 4.69) is 17.6 Å².